The van der Waals surface area contributed by atoms with Crippen LogP contribution in [0.15, 0.2) is 23.1 Å². The van der Waals surface area contributed by atoms with Gasteiger partial charge in [0.05, 0.1) is 11.6 Å². The predicted molar refractivity (Wildman–Crippen MR) is 85.9 cm³/mol. The van der Waals surface area contributed by atoms with Crippen molar-refractivity contribution in [1.82, 2.24) is 4.31 Å². The molecule has 1 rings (SSSR count). The van der Waals surface area contributed by atoms with Crippen LogP contribution in [0.1, 0.15) is 45.6 Å². The summed E-state index contributed by atoms with van der Waals surface area (Å²) in [6.07, 6.45) is 2.47. The first kappa shape index (κ1) is 18.4. The predicted octanol–water partition coefficient (Wildman–Crippen LogP) is 3.42. The second-order valence-electron chi connectivity index (χ2n) is 5.15. The van der Waals surface area contributed by atoms with E-state index in [9.17, 15) is 13.5 Å². The monoisotopic (exact) mass is 333 g/mol. The molecule has 1 unspecified atom stereocenters. The molecule has 0 spiro atoms. The van der Waals surface area contributed by atoms with Gasteiger partial charge in [0.15, 0.2) is 0 Å². The van der Waals surface area contributed by atoms with Crippen LogP contribution in [-0.4, -0.2) is 30.4 Å². The highest BCUT2D eigenvalue weighted by Crippen LogP contribution is 2.28. The third-order valence-corrected chi connectivity index (χ3v) is 6.07. The molecule has 1 aromatic rings. The van der Waals surface area contributed by atoms with E-state index in [0.717, 1.165) is 19.3 Å². The lowest BCUT2D eigenvalue weighted by molar-refractivity contribution is 0.281. The average molecular weight is 334 g/mol. The van der Waals surface area contributed by atoms with Gasteiger partial charge in [0.1, 0.15) is 4.90 Å². The maximum Gasteiger partial charge on any atom is 0.244 e. The van der Waals surface area contributed by atoms with Crippen molar-refractivity contribution >= 4 is 21.6 Å². The Morgan fingerprint density at radius 2 is 2.00 bits per heavy atom. The number of halogens is 1. The first-order chi connectivity index (χ1) is 9.88. The van der Waals surface area contributed by atoms with E-state index in [4.69, 9.17) is 11.6 Å². The molecule has 0 aliphatic carbocycles. The van der Waals surface area contributed by atoms with E-state index in [-0.39, 0.29) is 22.6 Å². The SMILES string of the molecule is CCCCN(C(C)CC)S(=O)(=O)c1cc(CO)ccc1Cl. The van der Waals surface area contributed by atoms with Crippen LogP contribution >= 0.6 is 11.6 Å². The molecule has 1 N–H and O–H groups in total. The van der Waals surface area contributed by atoms with Crippen molar-refractivity contribution in [3.8, 4) is 0 Å². The molecule has 4 nitrogen and oxygen atoms in total. The maximum atomic E-state index is 12.9. The van der Waals surface area contributed by atoms with E-state index in [1.807, 2.05) is 20.8 Å². The molecule has 0 aliphatic rings. The Hall–Kier alpha value is -0.620. The lowest BCUT2D eigenvalue weighted by Gasteiger charge is -2.28. The molecule has 1 atom stereocenters. The van der Waals surface area contributed by atoms with E-state index in [2.05, 4.69) is 0 Å². The minimum atomic E-state index is -3.66. The third kappa shape index (κ3) is 4.42. The maximum absolute atomic E-state index is 12.9. The van der Waals surface area contributed by atoms with Crippen molar-refractivity contribution in [3.05, 3.63) is 28.8 Å². The fraction of sp³-hybridized carbons (Fsp3) is 0.600. The largest absolute Gasteiger partial charge is 0.392 e. The van der Waals surface area contributed by atoms with Gasteiger partial charge in [-0.25, -0.2) is 8.42 Å². The summed E-state index contributed by atoms with van der Waals surface area (Å²) < 4.78 is 27.3. The molecule has 0 fully saturated rings. The highest BCUT2D eigenvalue weighted by atomic mass is 35.5. The van der Waals surface area contributed by atoms with Gasteiger partial charge in [-0.2, -0.15) is 4.31 Å². The molecular weight excluding hydrogens is 310 g/mol. The minimum absolute atomic E-state index is 0.0760. The van der Waals surface area contributed by atoms with Crippen LogP contribution in [0.3, 0.4) is 0 Å². The first-order valence-electron chi connectivity index (χ1n) is 7.29. The Labute approximate surface area is 132 Å². The lowest BCUT2D eigenvalue weighted by Crippen LogP contribution is -2.39. The molecule has 120 valence electrons. The van der Waals surface area contributed by atoms with Gasteiger partial charge in [-0.05, 0) is 37.5 Å². The standard InChI is InChI=1S/C15H24ClNO3S/c1-4-6-9-17(12(3)5-2)21(19,20)15-10-13(11-18)7-8-14(15)16/h7-8,10,12,18H,4-6,9,11H2,1-3H3. The number of nitrogens with zero attached hydrogens (tertiary/aromatic N) is 1. The fourth-order valence-electron chi connectivity index (χ4n) is 2.07. The molecule has 0 aliphatic heterocycles. The smallest absolute Gasteiger partial charge is 0.244 e. The zero-order valence-electron chi connectivity index (χ0n) is 12.8. The second-order valence-corrected chi connectivity index (χ2v) is 7.42. The van der Waals surface area contributed by atoms with E-state index in [1.165, 1.54) is 16.4 Å². The van der Waals surface area contributed by atoms with Gasteiger partial charge in [0.2, 0.25) is 10.0 Å². The highest BCUT2D eigenvalue weighted by molar-refractivity contribution is 7.89. The van der Waals surface area contributed by atoms with Gasteiger partial charge in [0.25, 0.3) is 0 Å². The Morgan fingerprint density at radius 1 is 1.33 bits per heavy atom. The Kier molecular flexibility index (Phi) is 7.13. The summed E-state index contributed by atoms with van der Waals surface area (Å²) in [5.74, 6) is 0. The summed E-state index contributed by atoms with van der Waals surface area (Å²) in [7, 11) is -3.66. The first-order valence-corrected chi connectivity index (χ1v) is 9.11. The summed E-state index contributed by atoms with van der Waals surface area (Å²) in [6.45, 7) is 6.16. The molecular formula is C15H24ClNO3S. The van der Waals surface area contributed by atoms with Crippen LogP contribution in [0.4, 0.5) is 0 Å². The summed E-state index contributed by atoms with van der Waals surface area (Å²) in [5.41, 5.74) is 0.539. The quantitative estimate of drug-likeness (QED) is 0.793. The number of rotatable bonds is 8. The summed E-state index contributed by atoms with van der Waals surface area (Å²) >= 11 is 6.08. The molecule has 6 heteroatoms. The topological polar surface area (TPSA) is 57.6 Å². The van der Waals surface area contributed by atoms with Gasteiger partial charge >= 0.3 is 0 Å². The van der Waals surface area contributed by atoms with Crippen LogP contribution in [0.5, 0.6) is 0 Å². The van der Waals surface area contributed by atoms with Gasteiger partial charge in [-0.3, -0.25) is 0 Å². The number of benzene rings is 1. The number of aliphatic hydroxyl groups is 1. The summed E-state index contributed by atoms with van der Waals surface area (Å²) in [6, 6.07) is 4.52. The average Bonchev–Trinajstić information content (AvgIpc) is 2.47. The van der Waals surface area contributed by atoms with E-state index in [0.29, 0.717) is 12.1 Å². The molecule has 21 heavy (non-hydrogen) atoms. The number of hydrogen-bond acceptors (Lipinski definition) is 3. The van der Waals surface area contributed by atoms with Crippen molar-refractivity contribution in [2.45, 2.75) is 57.6 Å². The lowest BCUT2D eigenvalue weighted by atomic mass is 10.2. The molecule has 1 aromatic carbocycles. The zero-order chi connectivity index (χ0) is 16.0. The van der Waals surface area contributed by atoms with Crippen LogP contribution < -0.4 is 0 Å². The van der Waals surface area contributed by atoms with E-state index < -0.39 is 10.0 Å². The Bertz CT molecular complexity index is 560. The number of unbranched alkanes of at least 4 members (excludes halogenated alkanes) is 1. The number of aliphatic hydroxyl groups excluding tert-OH is 1. The van der Waals surface area contributed by atoms with Crippen molar-refractivity contribution in [2.75, 3.05) is 6.54 Å². The molecule has 0 aromatic heterocycles. The van der Waals surface area contributed by atoms with E-state index in [1.54, 1.807) is 6.07 Å². The Balaban J connectivity index is 3.27. The zero-order valence-corrected chi connectivity index (χ0v) is 14.4. The van der Waals surface area contributed by atoms with Crippen LogP contribution in [0.2, 0.25) is 5.02 Å². The second kappa shape index (κ2) is 8.13. The van der Waals surface area contributed by atoms with Gasteiger partial charge in [0, 0.05) is 12.6 Å². The Morgan fingerprint density at radius 3 is 2.52 bits per heavy atom. The molecule has 0 bridgehead atoms. The minimum Gasteiger partial charge on any atom is -0.392 e. The highest BCUT2D eigenvalue weighted by Gasteiger charge is 2.29. The molecule has 0 heterocycles. The number of sulfonamides is 1. The van der Waals surface area contributed by atoms with Gasteiger partial charge < -0.3 is 5.11 Å². The summed E-state index contributed by atoms with van der Waals surface area (Å²) in [4.78, 5) is 0.0760. The van der Waals surface area contributed by atoms with Crippen molar-refractivity contribution in [3.63, 3.8) is 0 Å². The third-order valence-electron chi connectivity index (χ3n) is 3.58. The fourth-order valence-corrected chi connectivity index (χ4v) is 4.33. The van der Waals surface area contributed by atoms with Gasteiger partial charge in [-0.15, -0.1) is 0 Å². The molecule has 0 saturated carbocycles. The van der Waals surface area contributed by atoms with Crippen molar-refractivity contribution in [1.29, 1.82) is 0 Å². The van der Waals surface area contributed by atoms with Gasteiger partial charge in [-0.1, -0.05) is 37.9 Å². The number of hydrogen-bond donors (Lipinski definition) is 1. The van der Waals surface area contributed by atoms with Crippen molar-refractivity contribution in [2.24, 2.45) is 0 Å². The normalized spacial score (nSPS) is 13.6. The summed E-state index contributed by atoms with van der Waals surface area (Å²) in [5, 5.41) is 9.39. The van der Waals surface area contributed by atoms with Crippen LogP contribution in [0, 0.1) is 0 Å². The molecule has 0 saturated heterocycles. The van der Waals surface area contributed by atoms with Crippen LogP contribution in [0.25, 0.3) is 0 Å². The van der Waals surface area contributed by atoms with E-state index >= 15 is 0 Å². The van der Waals surface area contributed by atoms with Crippen molar-refractivity contribution < 1.29 is 13.5 Å². The van der Waals surface area contributed by atoms with Crippen LogP contribution in [-0.2, 0) is 16.6 Å². The molecule has 0 amide bonds. The molecule has 0 radical (unpaired) electrons.